The van der Waals surface area contributed by atoms with Crippen molar-refractivity contribution in [3.63, 3.8) is 0 Å². The second kappa shape index (κ2) is 9.70. The number of anilines is 2. The van der Waals surface area contributed by atoms with Gasteiger partial charge in [-0.2, -0.15) is 0 Å². The lowest BCUT2D eigenvalue weighted by atomic mass is 10.0. The maximum absolute atomic E-state index is 12.6. The highest BCUT2D eigenvalue weighted by atomic mass is 16.2. The predicted molar refractivity (Wildman–Crippen MR) is 121 cm³/mol. The van der Waals surface area contributed by atoms with Gasteiger partial charge in [0, 0.05) is 11.4 Å². The van der Waals surface area contributed by atoms with Gasteiger partial charge < -0.3 is 10.6 Å². The highest BCUT2D eigenvalue weighted by Gasteiger charge is 2.21. The molecule has 5 heteroatoms. The molecule has 0 unspecified atom stereocenters. The Labute approximate surface area is 174 Å². The molecule has 29 heavy (non-hydrogen) atoms. The molecule has 0 saturated carbocycles. The van der Waals surface area contributed by atoms with Crippen LogP contribution in [0.2, 0.25) is 0 Å². The summed E-state index contributed by atoms with van der Waals surface area (Å²) in [5.41, 5.74) is 6.07. The van der Waals surface area contributed by atoms with Gasteiger partial charge in [-0.3, -0.25) is 14.5 Å². The lowest BCUT2D eigenvalue weighted by Crippen LogP contribution is -2.43. The number of carbonyl (C=O) groups is 2. The first-order valence-electron chi connectivity index (χ1n) is 10.1. The number of amides is 2. The van der Waals surface area contributed by atoms with E-state index in [1.54, 1.807) is 18.9 Å². The van der Waals surface area contributed by atoms with E-state index in [9.17, 15) is 9.59 Å². The Morgan fingerprint density at radius 2 is 1.48 bits per heavy atom. The van der Waals surface area contributed by atoms with Gasteiger partial charge in [0.1, 0.15) is 0 Å². The first kappa shape index (κ1) is 22.6. The summed E-state index contributed by atoms with van der Waals surface area (Å²) in [5.74, 6) is 0.174. The number of likely N-dealkylation sites (N-methyl/N-ethyl adjacent to an activating group) is 1. The number of carbonyl (C=O) groups excluding carboxylic acids is 2. The summed E-state index contributed by atoms with van der Waals surface area (Å²) < 4.78 is 0. The van der Waals surface area contributed by atoms with Crippen molar-refractivity contribution in [2.24, 2.45) is 0 Å². The van der Waals surface area contributed by atoms with Crippen LogP contribution >= 0.6 is 0 Å². The van der Waals surface area contributed by atoms with E-state index in [2.05, 4.69) is 24.5 Å². The number of benzene rings is 2. The van der Waals surface area contributed by atoms with Crippen LogP contribution in [0.15, 0.2) is 36.4 Å². The van der Waals surface area contributed by atoms with E-state index in [0.717, 1.165) is 22.5 Å². The second-order valence-electron chi connectivity index (χ2n) is 8.18. The van der Waals surface area contributed by atoms with Crippen LogP contribution < -0.4 is 10.6 Å². The predicted octanol–water partition coefficient (Wildman–Crippen LogP) is 4.63. The van der Waals surface area contributed by atoms with Crippen LogP contribution in [0.4, 0.5) is 11.4 Å². The number of hydrogen-bond donors (Lipinski definition) is 2. The number of nitrogens with zero attached hydrogens (tertiary/aromatic N) is 1. The molecule has 2 aromatic rings. The first-order valence-corrected chi connectivity index (χ1v) is 10.1. The minimum atomic E-state index is -0.439. The standard InChI is InChI=1S/C24H33N3O2/c1-15(2)20-8-10-21(11-9-20)25-24(29)19(6)27(7)14-22(28)26-23-17(4)12-16(3)13-18(23)5/h8-13,15,19H,14H2,1-7H3,(H,25,29)(H,26,28)/t19-/m0/s1. The van der Waals surface area contributed by atoms with Gasteiger partial charge in [0.2, 0.25) is 11.8 Å². The summed E-state index contributed by atoms with van der Waals surface area (Å²) in [7, 11) is 1.78. The molecule has 0 aromatic heterocycles. The van der Waals surface area contributed by atoms with Crippen LogP contribution in [0.1, 0.15) is 48.9 Å². The van der Waals surface area contributed by atoms with Gasteiger partial charge in [-0.1, -0.05) is 43.7 Å². The number of nitrogens with one attached hydrogen (secondary N) is 2. The fraction of sp³-hybridized carbons (Fsp3) is 0.417. The molecule has 0 fully saturated rings. The Kier molecular flexibility index (Phi) is 7.57. The molecule has 2 amide bonds. The van der Waals surface area contributed by atoms with Crippen molar-refractivity contribution in [2.75, 3.05) is 24.2 Å². The van der Waals surface area contributed by atoms with E-state index < -0.39 is 6.04 Å². The molecule has 0 heterocycles. The Morgan fingerprint density at radius 1 is 0.931 bits per heavy atom. The number of rotatable bonds is 7. The zero-order valence-electron chi connectivity index (χ0n) is 18.6. The summed E-state index contributed by atoms with van der Waals surface area (Å²) in [4.78, 5) is 26.8. The summed E-state index contributed by atoms with van der Waals surface area (Å²) in [6.45, 7) is 12.2. The van der Waals surface area contributed by atoms with Crippen molar-refractivity contribution in [3.05, 3.63) is 58.7 Å². The molecule has 0 bridgehead atoms. The Balaban J connectivity index is 1.94. The van der Waals surface area contributed by atoms with Crippen molar-refractivity contribution in [1.29, 1.82) is 0 Å². The zero-order chi connectivity index (χ0) is 21.7. The average Bonchev–Trinajstić information content (AvgIpc) is 2.64. The molecule has 0 radical (unpaired) electrons. The quantitative estimate of drug-likeness (QED) is 0.718. The van der Waals surface area contributed by atoms with Gasteiger partial charge >= 0.3 is 0 Å². The summed E-state index contributed by atoms with van der Waals surface area (Å²) in [6, 6.07) is 11.5. The lowest BCUT2D eigenvalue weighted by molar-refractivity contribution is -0.122. The monoisotopic (exact) mass is 395 g/mol. The van der Waals surface area contributed by atoms with Crippen LogP contribution in [-0.4, -0.2) is 36.3 Å². The zero-order valence-corrected chi connectivity index (χ0v) is 18.6. The van der Waals surface area contributed by atoms with E-state index in [4.69, 9.17) is 0 Å². The molecule has 0 aliphatic heterocycles. The maximum Gasteiger partial charge on any atom is 0.241 e. The molecule has 0 aliphatic carbocycles. The molecule has 0 saturated heterocycles. The minimum Gasteiger partial charge on any atom is -0.325 e. The third kappa shape index (κ3) is 6.16. The Morgan fingerprint density at radius 3 is 2.00 bits per heavy atom. The SMILES string of the molecule is Cc1cc(C)c(NC(=O)CN(C)[C@@H](C)C(=O)Nc2ccc(C(C)C)cc2)c(C)c1. The van der Waals surface area contributed by atoms with Crippen molar-refractivity contribution in [2.45, 2.75) is 53.5 Å². The topological polar surface area (TPSA) is 61.4 Å². The fourth-order valence-corrected chi connectivity index (χ4v) is 3.32. The molecule has 0 spiro atoms. The van der Waals surface area contributed by atoms with Crippen LogP contribution in [0.3, 0.4) is 0 Å². The van der Waals surface area contributed by atoms with E-state index in [-0.39, 0.29) is 18.4 Å². The fourth-order valence-electron chi connectivity index (χ4n) is 3.32. The molecular weight excluding hydrogens is 362 g/mol. The van der Waals surface area contributed by atoms with E-state index in [1.807, 2.05) is 57.2 Å². The van der Waals surface area contributed by atoms with Crippen molar-refractivity contribution < 1.29 is 9.59 Å². The largest absolute Gasteiger partial charge is 0.325 e. The van der Waals surface area contributed by atoms with Gasteiger partial charge in [-0.05, 0) is 69.5 Å². The van der Waals surface area contributed by atoms with Gasteiger partial charge in [-0.25, -0.2) is 0 Å². The van der Waals surface area contributed by atoms with Gasteiger partial charge in [0.05, 0.1) is 12.6 Å². The molecule has 0 aliphatic rings. The Bertz CT molecular complexity index is 849. The lowest BCUT2D eigenvalue weighted by Gasteiger charge is -2.24. The molecule has 5 nitrogen and oxygen atoms in total. The Hall–Kier alpha value is -2.66. The summed E-state index contributed by atoms with van der Waals surface area (Å²) >= 11 is 0. The van der Waals surface area contributed by atoms with Crippen molar-refractivity contribution in [3.8, 4) is 0 Å². The third-order valence-corrected chi connectivity index (χ3v) is 5.22. The number of hydrogen-bond acceptors (Lipinski definition) is 3. The van der Waals surface area contributed by atoms with Crippen LogP contribution in [0, 0.1) is 20.8 Å². The highest BCUT2D eigenvalue weighted by molar-refractivity contribution is 5.96. The molecule has 2 rings (SSSR count). The second-order valence-corrected chi connectivity index (χ2v) is 8.18. The third-order valence-electron chi connectivity index (χ3n) is 5.22. The van der Waals surface area contributed by atoms with Gasteiger partial charge in [0.25, 0.3) is 0 Å². The molecule has 156 valence electrons. The van der Waals surface area contributed by atoms with Crippen LogP contribution in [0.25, 0.3) is 0 Å². The smallest absolute Gasteiger partial charge is 0.241 e. The van der Waals surface area contributed by atoms with Crippen molar-refractivity contribution in [1.82, 2.24) is 4.90 Å². The maximum atomic E-state index is 12.6. The molecular formula is C24H33N3O2. The van der Waals surface area contributed by atoms with E-state index in [1.165, 1.54) is 11.1 Å². The minimum absolute atomic E-state index is 0.133. The average molecular weight is 396 g/mol. The normalized spacial score (nSPS) is 12.2. The van der Waals surface area contributed by atoms with Crippen LogP contribution in [-0.2, 0) is 9.59 Å². The first-order chi connectivity index (χ1) is 13.6. The highest BCUT2D eigenvalue weighted by Crippen LogP contribution is 2.22. The van der Waals surface area contributed by atoms with Gasteiger partial charge in [0.15, 0.2) is 0 Å². The van der Waals surface area contributed by atoms with E-state index >= 15 is 0 Å². The van der Waals surface area contributed by atoms with Crippen LogP contribution in [0.5, 0.6) is 0 Å². The molecule has 2 aromatic carbocycles. The van der Waals surface area contributed by atoms with Gasteiger partial charge in [-0.15, -0.1) is 0 Å². The summed E-state index contributed by atoms with van der Waals surface area (Å²) in [6.07, 6.45) is 0. The van der Waals surface area contributed by atoms with E-state index in [0.29, 0.717) is 5.92 Å². The van der Waals surface area contributed by atoms with Crippen molar-refractivity contribution >= 4 is 23.2 Å². The number of aryl methyl sites for hydroxylation is 3. The molecule has 1 atom stereocenters. The summed E-state index contributed by atoms with van der Waals surface area (Å²) in [5, 5.41) is 5.91. The molecule has 2 N–H and O–H groups in total.